The van der Waals surface area contributed by atoms with Gasteiger partial charge in [-0.2, -0.15) is 22.0 Å². The SMILES string of the molecule is FC(F)Oc1nc(C(F)(F)F)ccc1Br. The van der Waals surface area contributed by atoms with Crippen LogP contribution < -0.4 is 4.74 Å². The minimum Gasteiger partial charge on any atom is -0.416 e. The van der Waals surface area contributed by atoms with Crippen LogP contribution in [-0.2, 0) is 6.18 Å². The van der Waals surface area contributed by atoms with Crippen LogP contribution in [0.2, 0.25) is 0 Å². The first kappa shape index (κ1) is 12.2. The molecule has 0 radical (unpaired) electrons. The fourth-order valence-corrected chi connectivity index (χ4v) is 1.06. The summed E-state index contributed by atoms with van der Waals surface area (Å²) in [5, 5.41) is 0. The Morgan fingerprint density at radius 3 is 2.33 bits per heavy atom. The van der Waals surface area contributed by atoms with Crippen molar-refractivity contribution in [3.8, 4) is 5.88 Å². The summed E-state index contributed by atoms with van der Waals surface area (Å²) in [4.78, 5) is 2.91. The van der Waals surface area contributed by atoms with Crippen LogP contribution in [-0.4, -0.2) is 11.6 Å². The second-order valence-corrected chi connectivity index (χ2v) is 3.21. The van der Waals surface area contributed by atoms with Crippen molar-refractivity contribution >= 4 is 15.9 Å². The van der Waals surface area contributed by atoms with Crippen molar-refractivity contribution in [3.63, 3.8) is 0 Å². The van der Waals surface area contributed by atoms with Gasteiger partial charge in [0.15, 0.2) is 0 Å². The molecule has 0 aliphatic carbocycles. The maximum Gasteiger partial charge on any atom is 0.433 e. The van der Waals surface area contributed by atoms with Crippen LogP contribution in [0, 0.1) is 0 Å². The summed E-state index contributed by atoms with van der Waals surface area (Å²) in [6, 6.07) is 1.59. The standard InChI is InChI=1S/C7H3BrF5NO/c8-3-1-2-4(7(11,12)13)14-5(3)15-6(9)10/h1-2,6H. The van der Waals surface area contributed by atoms with Gasteiger partial charge in [-0.1, -0.05) is 0 Å². The highest BCUT2D eigenvalue weighted by Crippen LogP contribution is 2.32. The van der Waals surface area contributed by atoms with Gasteiger partial charge in [-0.05, 0) is 28.1 Å². The van der Waals surface area contributed by atoms with Gasteiger partial charge in [0.2, 0.25) is 5.88 Å². The van der Waals surface area contributed by atoms with E-state index in [1.54, 1.807) is 0 Å². The Bertz CT molecular complexity index is 354. The average molecular weight is 292 g/mol. The Kier molecular flexibility index (Phi) is 3.48. The topological polar surface area (TPSA) is 22.1 Å². The van der Waals surface area contributed by atoms with Crippen LogP contribution in [0.5, 0.6) is 5.88 Å². The molecule has 0 spiro atoms. The van der Waals surface area contributed by atoms with Crippen molar-refractivity contribution in [3.05, 3.63) is 22.3 Å². The number of rotatable bonds is 2. The lowest BCUT2D eigenvalue weighted by molar-refractivity contribution is -0.142. The zero-order chi connectivity index (χ0) is 11.6. The third-order valence-corrected chi connectivity index (χ3v) is 1.91. The quantitative estimate of drug-likeness (QED) is 0.779. The Hall–Kier alpha value is -0.920. The van der Waals surface area contributed by atoms with Crippen LogP contribution in [0.15, 0.2) is 16.6 Å². The highest BCUT2D eigenvalue weighted by molar-refractivity contribution is 9.10. The van der Waals surface area contributed by atoms with Gasteiger partial charge in [0.25, 0.3) is 0 Å². The molecule has 1 rings (SSSR count). The highest BCUT2D eigenvalue weighted by atomic mass is 79.9. The summed E-state index contributed by atoms with van der Waals surface area (Å²) in [6.45, 7) is -3.22. The number of alkyl halides is 5. The lowest BCUT2D eigenvalue weighted by atomic mass is 10.3. The molecule has 15 heavy (non-hydrogen) atoms. The van der Waals surface area contributed by atoms with Crippen molar-refractivity contribution in [2.75, 3.05) is 0 Å². The van der Waals surface area contributed by atoms with E-state index < -0.39 is 24.4 Å². The van der Waals surface area contributed by atoms with Crippen molar-refractivity contribution in [2.24, 2.45) is 0 Å². The molecular formula is C7H3BrF5NO. The summed E-state index contributed by atoms with van der Waals surface area (Å²) in [6.07, 6.45) is -4.69. The number of hydrogen-bond acceptors (Lipinski definition) is 2. The van der Waals surface area contributed by atoms with Crippen molar-refractivity contribution in [1.82, 2.24) is 4.98 Å². The van der Waals surface area contributed by atoms with E-state index in [9.17, 15) is 22.0 Å². The lowest BCUT2D eigenvalue weighted by Crippen LogP contribution is -2.11. The maximum atomic E-state index is 12.1. The first-order valence-electron chi connectivity index (χ1n) is 3.49. The minimum absolute atomic E-state index is 0.0733. The third kappa shape index (κ3) is 3.29. The molecule has 0 amide bonds. The number of halogens is 6. The molecule has 8 heteroatoms. The van der Waals surface area contributed by atoms with E-state index in [2.05, 4.69) is 25.7 Å². The predicted octanol–water partition coefficient (Wildman–Crippen LogP) is 3.46. The van der Waals surface area contributed by atoms with Crippen molar-refractivity contribution < 1.29 is 26.7 Å². The van der Waals surface area contributed by atoms with Crippen LogP contribution in [0.3, 0.4) is 0 Å². The van der Waals surface area contributed by atoms with Crippen LogP contribution >= 0.6 is 15.9 Å². The second-order valence-electron chi connectivity index (χ2n) is 2.36. The van der Waals surface area contributed by atoms with Gasteiger partial charge >= 0.3 is 12.8 Å². The van der Waals surface area contributed by atoms with Gasteiger partial charge in [-0.15, -0.1) is 0 Å². The summed E-state index contributed by atoms with van der Waals surface area (Å²) in [7, 11) is 0. The normalized spacial score (nSPS) is 11.9. The monoisotopic (exact) mass is 291 g/mol. The molecule has 2 nitrogen and oxygen atoms in total. The molecule has 0 aromatic carbocycles. The minimum atomic E-state index is -4.69. The number of hydrogen-bond donors (Lipinski definition) is 0. The number of ether oxygens (including phenoxy) is 1. The van der Waals surface area contributed by atoms with Gasteiger partial charge in [-0.25, -0.2) is 4.98 Å². The zero-order valence-electron chi connectivity index (χ0n) is 6.86. The first-order valence-corrected chi connectivity index (χ1v) is 4.28. The van der Waals surface area contributed by atoms with E-state index >= 15 is 0 Å². The van der Waals surface area contributed by atoms with Crippen molar-refractivity contribution in [1.29, 1.82) is 0 Å². The zero-order valence-corrected chi connectivity index (χ0v) is 8.44. The van der Waals surface area contributed by atoms with E-state index in [4.69, 9.17) is 0 Å². The Morgan fingerprint density at radius 1 is 1.27 bits per heavy atom. The van der Waals surface area contributed by atoms with Gasteiger partial charge in [0, 0.05) is 0 Å². The first-order chi connectivity index (χ1) is 6.80. The van der Waals surface area contributed by atoms with Crippen LogP contribution in [0.25, 0.3) is 0 Å². The molecule has 0 aliphatic heterocycles. The fraction of sp³-hybridized carbons (Fsp3) is 0.286. The third-order valence-electron chi connectivity index (χ3n) is 1.30. The second kappa shape index (κ2) is 4.30. The molecule has 0 aliphatic rings. The van der Waals surface area contributed by atoms with Gasteiger partial charge < -0.3 is 4.74 Å². The lowest BCUT2D eigenvalue weighted by Gasteiger charge is -2.09. The molecule has 1 aromatic rings. The Labute approximate surface area is 89.2 Å². The molecule has 84 valence electrons. The molecule has 0 fully saturated rings. The fourth-order valence-electron chi connectivity index (χ4n) is 0.748. The average Bonchev–Trinajstić information content (AvgIpc) is 2.06. The smallest absolute Gasteiger partial charge is 0.416 e. The van der Waals surface area contributed by atoms with Gasteiger partial charge in [0.1, 0.15) is 5.69 Å². The molecular weight excluding hydrogens is 289 g/mol. The number of nitrogens with zero attached hydrogens (tertiary/aromatic N) is 1. The highest BCUT2D eigenvalue weighted by Gasteiger charge is 2.33. The van der Waals surface area contributed by atoms with E-state index in [1.807, 2.05) is 0 Å². The van der Waals surface area contributed by atoms with Gasteiger partial charge in [-0.3, -0.25) is 0 Å². The molecule has 1 heterocycles. The molecule has 0 bridgehead atoms. The molecule has 0 N–H and O–H groups in total. The summed E-state index contributed by atoms with van der Waals surface area (Å²) < 4.78 is 63.6. The number of aromatic nitrogens is 1. The molecule has 0 saturated heterocycles. The Balaban J connectivity index is 3.06. The van der Waals surface area contributed by atoms with Crippen LogP contribution in [0.4, 0.5) is 22.0 Å². The molecule has 0 atom stereocenters. The molecule has 0 saturated carbocycles. The largest absolute Gasteiger partial charge is 0.433 e. The van der Waals surface area contributed by atoms with Gasteiger partial charge in [0.05, 0.1) is 4.47 Å². The summed E-state index contributed by atoms with van der Waals surface area (Å²) in [5.41, 5.74) is -1.29. The summed E-state index contributed by atoms with van der Waals surface area (Å²) in [5.74, 6) is -0.792. The van der Waals surface area contributed by atoms with E-state index in [1.165, 1.54) is 0 Å². The van der Waals surface area contributed by atoms with Crippen LogP contribution in [0.1, 0.15) is 5.69 Å². The molecule has 1 aromatic heterocycles. The van der Waals surface area contributed by atoms with E-state index in [0.717, 1.165) is 6.07 Å². The van der Waals surface area contributed by atoms with E-state index in [0.29, 0.717) is 6.07 Å². The maximum absolute atomic E-state index is 12.1. The van der Waals surface area contributed by atoms with Crippen molar-refractivity contribution in [2.45, 2.75) is 12.8 Å². The Morgan fingerprint density at radius 2 is 1.87 bits per heavy atom. The predicted molar refractivity (Wildman–Crippen MR) is 43.6 cm³/mol. The van der Waals surface area contributed by atoms with E-state index in [-0.39, 0.29) is 4.47 Å². The molecule has 0 unspecified atom stereocenters. The summed E-state index contributed by atoms with van der Waals surface area (Å²) >= 11 is 2.74. The number of pyridine rings is 1.